The van der Waals surface area contributed by atoms with E-state index >= 15 is 0 Å². The van der Waals surface area contributed by atoms with Gasteiger partial charge in [0.15, 0.2) is 0 Å². The number of benzene rings is 2. The van der Waals surface area contributed by atoms with Gasteiger partial charge in [0, 0.05) is 24.8 Å². The summed E-state index contributed by atoms with van der Waals surface area (Å²) in [5.41, 5.74) is 0.966. The second-order valence-corrected chi connectivity index (χ2v) is 7.89. The van der Waals surface area contributed by atoms with Crippen LogP contribution in [-0.4, -0.2) is 44.7 Å². The maximum absolute atomic E-state index is 13.9. The number of nitrogens with zero attached hydrogens (tertiary/aromatic N) is 1. The van der Waals surface area contributed by atoms with Gasteiger partial charge >= 0.3 is 0 Å². The van der Waals surface area contributed by atoms with E-state index in [1.807, 2.05) is 49.3 Å². The van der Waals surface area contributed by atoms with Gasteiger partial charge in [0.2, 0.25) is 5.91 Å². The molecule has 0 bridgehead atoms. The first-order valence-electron chi connectivity index (χ1n) is 9.46. The van der Waals surface area contributed by atoms with E-state index in [-0.39, 0.29) is 17.8 Å². The predicted molar refractivity (Wildman–Crippen MR) is 109 cm³/mol. The minimum absolute atomic E-state index is 0.0212. The minimum Gasteiger partial charge on any atom is -0.381 e. The van der Waals surface area contributed by atoms with E-state index in [0.717, 1.165) is 5.56 Å². The van der Waals surface area contributed by atoms with Crippen molar-refractivity contribution in [2.45, 2.75) is 24.3 Å². The molecular weight excluding hydrogens is 379 g/mol. The molecule has 6 heteroatoms. The third kappa shape index (κ3) is 4.54. The molecule has 3 rings (SSSR count). The second kappa shape index (κ2) is 9.03. The number of carbonyl (C=O) groups is 1. The molecule has 0 spiro atoms. The lowest BCUT2D eigenvalue weighted by atomic mass is 9.73. The summed E-state index contributed by atoms with van der Waals surface area (Å²) >= 11 is 6.14. The highest BCUT2D eigenvalue weighted by molar-refractivity contribution is 6.30. The number of nitrogens with one attached hydrogen (secondary N) is 1. The van der Waals surface area contributed by atoms with Gasteiger partial charge in [-0.1, -0.05) is 35.9 Å². The van der Waals surface area contributed by atoms with Crippen LogP contribution in [0.3, 0.4) is 0 Å². The van der Waals surface area contributed by atoms with Crippen molar-refractivity contribution in [3.05, 3.63) is 70.5 Å². The largest absolute Gasteiger partial charge is 0.381 e. The Labute approximate surface area is 170 Å². The summed E-state index contributed by atoms with van der Waals surface area (Å²) < 4.78 is 19.3. The molecule has 1 N–H and O–H groups in total. The van der Waals surface area contributed by atoms with Crippen LogP contribution in [0.2, 0.25) is 5.02 Å². The summed E-state index contributed by atoms with van der Waals surface area (Å²) in [6.45, 7) is 1.40. The minimum atomic E-state index is -0.772. The molecular formula is C22H26ClFN2O2. The Morgan fingerprint density at radius 2 is 1.93 bits per heavy atom. The van der Waals surface area contributed by atoms with Crippen LogP contribution in [0.15, 0.2) is 48.5 Å². The zero-order chi connectivity index (χ0) is 20.1. The van der Waals surface area contributed by atoms with Crippen molar-refractivity contribution >= 4 is 17.5 Å². The summed E-state index contributed by atoms with van der Waals surface area (Å²) in [5, 5.41) is 3.77. The number of likely N-dealkylation sites (N-methyl/N-ethyl adjacent to an activating group) is 1. The van der Waals surface area contributed by atoms with Gasteiger partial charge in [-0.25, -0.2) is 4.39 Å². The van der Waals surface area contributed by atoms with E-state index in [9.17, 15) is 9.18 Å². The molecule has 150 valence electrons. The van der Waals surface area contributed by atoms with E-state index in [1.165, 1.54) is 12.1 Å². The normalized spacial score (nSPS) is 17.3. The quantitative estimate of drug-likeness (QED) is 0.792. The van der Waals surface area contributed by atoms with E-state index < -0.39 is 5.41 Å². The molecule has 1 heterocycles. The van der Waals surface area contributed by atoms with Gasteiger partial charge in [0.25, 0.3) is 0 Å². The molecule has 1 atom stereocenters. The fourth-order valence-corrected chi connectivity index (χ4v) is 4.02. The van der Waals surface area contributed by atoms with Crippen LogP contribution in [0.5, 0.6) is 0 Å². The molecule has 1 aliphatic rings. The first-order chi connectivity index (χ1) is 13.4. The SMILES string of the molecule is CN(C)[C@@H](CNC(=O)C1(c2cccc(F)c2)CCOCC1)c1cccc(Cl)c1. The third-order valence-corrected chi connectivity index (χ3v) is 5.71. The van der Waals surface area contributed by atoms with Crippen LogP contribution >= 0.6 is 11.6 Å². The Kier molecular flexibility index (Phi) is 6.70. The Hall–Kier alpha value is -1.95. The topological polar surface area (TPSA) is 41.6 Å². The number of carbonyl (C=O) groups excluding carboxylic acids is 1. The zero-order valence-electron chi connectivity index (χ0n) is 16.3. The number of amides is 1. The van der Waals surface area contributed by atoms with Crippen molar-refractivity contribution < 1.29 is 13.9 Å². The lowest BCUT2D eigenvalue weighted by Crippen LogP contribution is -2.49. The molecule has 0 unspecified atom stereocenters. The maximum atomic E-state index is 13.9. The molecule has 1 fully saturated rings. The van der Waals surface area contributed by atoms with Gasteiger partial charge in [-0.2, -0.15) is 0 Å². The molecule has 4 nitrogen and oxygen atoms in total. The average molecular weight is 405 g/mol. The van der Waals surface area contributed by atoms with Crippen LogP contribution in [0.1, 0.15) is 30.0 Å². The molecule has 2 aromatic carbocycles. The van der Waals surface area contributed by atoms with Crippen LogP contribution in [0.4, 0.5) is 4.39 Å². The van der Waals surface area contributed by atoms with Crippen molar-refractivity contribution in [1.82, 2.24) is 10.2 Å². The van der Waals surface area contributed by atoms with Gasteiger partial charge in [-0.3, -0.25) is 4.79 Å². The van der Waals surface area contributed by atoms with Gasteiger partial charge in [0.1, 0.15) is 5.82 Å². The van der Waals surface area contributed by atoms with E-state index in [4.69, 9.17) is 16.3 Å². The summed E-state index contributed by atoms with van der Waals surface area (Å²) in [4.78, 5) is 15.4. The third-order valence-electron chi connectivity index (χ3n) is 5.47. The number of rotatable bonds is 6. The Balaban J connectivity index is 1.81. The predicted octanol–water partition coefficient (Wildman–Crippen LogP) is 3.95. The van der Waals surface area contributed by atoms with Gasteiger partial charge < -0.3 is 15.0 Å². The fourth-order valence-electron chi connectivity index (χ4n) is 3.82. The van der Waals surface area contributed by atoms with Crippen LogP contribution in [0.25, 0.3) is 0 Å². The lowest BCUT2D eigenvalue weighted by molar-refractivity contribution is -0.130. The summed E-state index contributed by atoms with van der Waals surface area (Å²) in [6.07, 6.45) is 1.07. The van der Waals surface area contributed by atoms with E-state index in [2.05, 4.69) is 5.32 Å². The van der Waals surface area contributed by atoms with Crippen LogP contribution in [-0.2, 0) is 14.9 Å². The van der Waals surface area contributed by atoms with Gasteiger partial charge in [0.05, 0.1) is 11.5 Å². The van der Waals surface area contributed by atoms with Gasteiger partial charge in [-0.15, -0.1) is 0 Å². The molecule has 0 saturated carbocycles. The van der Waals surface area contributed by atoms with Crippen LogP contribution in [0, 0.1) is 5.82 Å². The highest BCUT2D eigenvalue weighted by Crippen LogP contribution is 2.35. The van der Waals surface area contributed by atoms with Gasteiger partial charge in [-0.05, 0) is 62.3 Å². The molecule has 0 radical (unpaired) electrons. The molecule has 0 aromatic heterocycles. The Morgan fingerprint density at radius 1 is 1.21 bits per heavy atom. The first-order valence-corrected chi connectivity index (χ1v) is 9.84. The smallest absolute Gasteiger partial charge is 0.230 e. The summed E-state index contributed by atoms with van der Waals surface area (Å²) in [7, 11) is 3.93. The molecule has 0 aliphatic carbocycles. The average Bonchev–Trinajstić information content (AvgIpc) is 2.68. The molecule has 1 aliphatic heterocycles. The van der Waals surface area contributed by atoms with Crippen LogP contribution < -0.4 is 5.32 Å². The standard InChI is InChI=1S/C22H26ClFN2O2/c1-26(2)20(16-5-3-7-18(23)13-16)15-25-21(27)22(9-11-28-12-10-22)17-6-4-8-19(24)14-17/h3-8,13-14,20H,9-12,15H2,1-2H3,(H,25,27)/t20-/m0/s1. The molecule has 1 saturated heterocycles. The van der Waals surface area contributed by atoms with Crippen molar-refractivity contribution in [3.63, 3.8) is 0 Å². The monoisotopic (exact) mass is 404 g/mol. The van der Waals surface area contributed by atoms with Crippen molar-refractivity contribution in [3.8, 4) is 0 Å². The Bertz CT molecular complexity index is 822. The zero-order valence-corrected chi connectivity index (χ0v) is 17.0. The summed E-state index contributed by atoms with van der Waals surface area (Å²) in [5.74, 6) is -0.420. The van der Waals surface area contributed by atoms with Crippen molar-refractivity contribution in [2.75, 3.05) is 33.9 Å². The summed E-state index contributed by atoms with van der Waals surface area (Å²) in [6, 6.07) is 14.0. The molecule has 28 heavy (non-hydrogen) atoms. The fraction of sp³-hybridized carbons (Fsp3) is 0.409. The highest BCUT2D eigenvalue weighted by atomic mass is 35.5. The maximum Gasteiger partial charge on any atom is 0.230 e. The van der Waals surface area contributed by atoms with E-state index in [0.29, 0.717) is 43.2 Å². The first kappa shape index (κ1) is 20.8. The number of ether oxygens (including phenoxy) is 1. The Morgan fingerprint density at radius 3 is 2.57 bits per heavy atom. The van der Waals surface area contributed by atoms with E-state index in [1.54, 1.807) is 6.07 Å². The second-order valence-electron chi connectivity index (χ2n) is 7.45. The number of hydrogen-bond acceptors (Lipinski definition) is 3. The number of halogens is 2. The highest BCUT2D eigenvalue weighted by Gasteiger charge is 2.42. The number of hydrogen-bond donors (Lipinski definition) is 1. The lowest BCUT2D eigenvalue weighted by Gasteiger charge is -2.37. The van der Waals surface area contributed by atoms with Crippen molar-refractivity contribution in [2.24, 2.45) is 0 Å². The molecule has 2 aromatic rings. The molecule has 1 amide bonds. The van der Waals surface area contributed by atoms with Crippen molar-refractivity contribution in [1.29, 1.82) is 0 Å².